The standard InChI is InChI=1S/C20H24N4O2S/c1-6-24(7-2)18-17(21-14-10-8-9-11-15(14)22-18)23-19-16(20(25)26-5)12(3)13(4)27-19/h8-11H,6-7H2,1-5H3,(H,21,23). The number of nitrogens with one attached hydrogen (secondary N) is 1. The zero-order valence-corrected chi connectivity index (χ0v) is 17.1. The van der Waals surface area contributed by atoms with Gasteiger partial charge >= 0.3 is 5.97 Å². The Hall–Kier alpha value is -2.67. The number of para-hydroxylation sites is 2. The van der Waals surface area contributed by atoms with Gasteiger partial charge in [-0.2, -0.15) is 0 Å². The van der Waals surface area contributed by atoms with Crippen molar-refractivity contribution in [2.24, 2.45) is 0 Å². The molecular formula is C20H24N4O2S. The van der Waals surface area contributed by atoms with E-state index in [4.69, 9.17) is 14.7 Å². The number of esters is 1. The second kappa shape index (κ2) is 7.92. The third-order valence-electron chi connectivity index (χ3n) is 4.62. The molecule has 27 heavy (non-hydrogen) atoms. The van der Waals surface area contributed by atoms with Crippen LogP contribution in [-0.4, -0.2) is 36.1 Å². The fourth-order valence-electron chi connectivity index (χ4n) is 2.99. The topological polar surface area (TPSA) is 67.4 Å². The van der Waals surface area contributed by atoms with Gasteiger partial charge in [-0.05, 0) is 45.4 Å². The number of fused-ring (bicyclic) bond motifs is 1. The minimum Gasteiger partial charge on any atom is -0.465 e. The number of ether oxygens (including phenoxy) is 1. The summed E-state index contributed by atoms with van der Waals surface area (Å²) in [5, 5.41) is 4.09. The molecule has 0 atom stereocenters. The first-order chi connectivity index (χ1) is 13.0. The Morgan fingerprint density at radius 3 is 2.37 bits per heavy atom. The number of hydrogen-bond donors (Lipinski definition) is 1. The molecule has 1 N–H and O–H groups in total. The number of aryl methyl sites for hydroxylation is 1. The maximum absolute atomic E-state index is 12.3. The second-order valence-corrected chi connectivity index (χ2v) is 7.39. The van der Waals surface area contributed by atoms with Crippen LogP contribution < -0.4 is 10.2 Å². The van der Waals surface area contributed by atoms with Crippen molar-refractivity contribution >= 4 is 45.0 Å². The highest BCUT2D eigenvalue weighted by Crippen LogP contribution is 2.37. The third-order valence-corrected chi connectivity index (χ3v) is 5.74. The second-order valence-electron chi connectivity index (χ2n) is 6.16. The highest BCUT2D eigenvalue weighted by atomic mass is 32.1. The van der Waals surface area contributed by atoms with E-state index in [0.29, 0.717) is 11.4 Å². The number of hydrogen-bond acceptors (Lipinski definition) is 7. The van der Waals surface area contributed by atoms with Crippen LogP contribution in [0.5, 0.6) is 0 Å². The molecule has 2 aromatic heterocycles. The van der Waals surface area contributed by atoms with Crippen molar-refractivity contribution in [3.05, 3.63) is 40.3 Å². The number of nitrogens with zero attached hydrogens (tertiary/aromatic N) is 3. The molecule has 0 saturated heterocycles. The van der Waals surface area contributed by atoms with Crippen molar-refractivity contribution in [2.45, 2.75) is 27.7 Å². The summed E-state index contributed by atoms with van der Waals surface area (Å²) in [7, 11) is 1.40. The van der Waals surface area contributed by atoms with Crippen LogP contribution in [0, 0.1) is 13.8 Å². The van der Waals surface area contributed by atoms with Crippen LogP contribution >= 0.6 is 11.3 Å². The van der Waals surface area contributed by atoms with Crippen LogP contribution in [0.2, 0.25) is 0 Å². The first-order valence-corrected chi connectivity index (χ1v) is 9.78. The summed E-state index contributed by atoms with van der Waals surface area (Å²) in [5.41, 5.74) is 3.13. The average Bonchev–Trinajstić information content (AvgIpc) is 2.96. The van der Waals surface area contributed by atoms with E-state index >= 15 is 0 Å². The Kier molecular flexibility index (Phi) is 5.60. The smallest absolute Gasteiger partial charge is 0.341 e. The number of methoxy groups -OCH3 is 1. The van der Waals surface area contributed by atoms with E-state index < -0.39 is 0 Å². The third kappa shape index (κ3) is 3.60. The predicted octanol–water partition coefficient (Wildman–Crippen LogP) is 4.68. The van der Waals surface area contributed by atoms with E-state index in [-0.39, 0.29) is 5.97 Å². The Morgan fingerprint density at radius 2 is 1.78 bits per heavy atom. The van der Waals surface area contributed by atoms with Crippen LogP contribution in [-0.2, 0) is 4.74 Å². The van der Waals surface area contributed by atoms with Gasteiger partial charge in [0.05, 0.1) is 23.7 Å². The zero-order valence-electron chi connectivity index (χ0n) is 16.3. The maximum atomic E-state index is 12.3. The Balaban J connectivity index is 2.15. The fraction of sp³-hybridized carbons (Fsp3) is 0.350. The van der Waals surface area contributed by atoms with Crippen LogP contribution in [0.3, 0.4) is 0 Å². The monoisotopic (exact) mass is 384 g/mol. The maximum Gasteiger partial charge on any atom is 0.341 e. The SMILES string of the molecule is CCN(CC)c1nc2ccccc2nc1Nc1sc(C)c(C)c1C(=O)OC. The summed E-state index contributed by atoms with van der Waals surface area (Å²) in [6, 6.07) is 7.79. The summed E-state index contributed by atoms with van der Waals surface area (Å²) in [5.74, 6) is 1.07. The number of benzene rings is 1. The van der Waals surface area contributed by atoms with Gasteiger partial charge in [-0.25, -0.2) is 14.8 Å². The van der Waals surface area contributed by atoms with Gasteiger partial charge in [-0.1, -0.05) is 12.1 Å². The van der Waals surface area contributed by atoms with E-state index in [9.17, 15) is 4.79 Å². The van der Waals surface area contributed by atoms with Crippen molar-refractivity contribution in [1.82, 2.24) is 9.97 Å². The molecule has 2 heterocycles. The number of rotatable bonds is 6. The van der Waals surface area contributed by atoms with Crippen LogP contribution in [0.1, 0.15) is 34.6 Å². The van der Waals surface area contributed by atoms with Crippen molar-refractivity contribution in [3.8, 4) is 0 Å². The lowest BCUT2D eigenvalue weighted by molar-refractivity contribution is 0.0601. The normalized spacial score (nSPS) is 10.9. The van der Waals surface area contributed by atoms with Gasteiger partial charge in [0.15, 0.2) is 11.6 Å². The van der Waals surface area contributed by atoms with Crippen molar-refractivity contribution in [2.75, 3.05) is 30.4 Å². The molecule has 3 aromatic rings. The van der Waals surface area contributed by atoms with Crippen LogP contribution in [0.4, 0.5) is 16.6 Å². The van der Waals surface area contributed by atoms with Gasteiger partial charge in [-0.3, -0.25) is 0 Å². The van der Waals surface area contributed by atoms with Gasteiger partial charge in [0.2, 0.25) is 0 Å². The molecular weight excluding hydrogens is 360 g/mol. The molecule has 0 aliphatic carbocycles. The first-order valence-electron chi connectivity index (χ1n) is 8.97. The predicted molar refractivity (Wildman–Crippen MR) is 112 cm³/mol. The number of carbonyl (C=O) groups is 1. The van der Waals surface area contributed by atoms with E-state index in [0.717, 1.165) is 45.4 Å². The van der Waals surface area contributed by atoms with E-state index in [1.807, 2.05) is 38.1 Å². The Labute approximate surface area is 163 Å². The minimum atomic E-state index is -0.350. The van der Waals surface area contributed by atoms with E-state index in [1.165, 1.54) is 18.4 Å². The fourth-order valence-corrected chi connectivity index (χ4v) is 4.04. The molecule has 3 rings (SSSR count). The van der Waals surface area contributed by atoms with Crippen LogP contribution in [0.15, 0.2) is 24.3 Å². The Bertz CT molecular complexity index is 980. The molecule has 0 bridgehead atoms. The van der Waals surface area contributed by atoms with Crippen molar-refractivity contribution < 1.29 is 9.53 Å². The lowest BCUT2D eigenvalue weighted by atomic mass is 10.1. The number of anilines is 3. The average molecular weight is 385 g/mol. The lowest BCUT2D eigenvalue weighted by Gasteiger charge is -2.23. The van der Waals surface area contributed by atoms with Crippen LogP contribution in [0.25, 0.3) is 11.0 Å². The number of aromatic nitrogens is 2. The first kappa shape index (κ1) is 19.1. The molecule has 0 aliphatic rings. The molecule has 0 radical (unpaired) electrons. The molecule has 0 amide bonds. The summed E-state index contributed by atoms with van der Waals surface area (Å²) in [4.78, 5) is 25.1. The number of thiophene rings is 1. The molecule has 0 aliphatic heterocycles. The van der Waals surface area contributed by atoms with Crippen molar-refractivity contribution in [1.29, 1.82) is 0 Å². The highest BCUT2D eigenvalue weighted by molar-refractivity contribution is 7.16. The largest absolute Gasteiger partial charge is 0.465 e. The lowest BCUT2D eigenvalue weighted by Crippen LogP contribution is -2.24. The van der Waals surface area contributed by atoms with E-state index in [2.05, 4.69) is 24.1 Å². The summed E-state index contributed by atoms with van der Waals surface area (Å²) in [6.45, 7) is 9.72. The number of carbonyl (C=O) groups excluding carboxylic acids is 1. The molecule has 7 heteroatoms. The van der Waals surface area contributed by atoms with Gasteiger partial charge in [0.1, 0.15) is 5.00 Å². The van der Waals surface area contributed by atoms with Gasteiger partial charge in [-0.15, -0.1) is 11.3 Å². The molecule has 6 nitrogen and oxygen atoms in total. The van der Waals surface area contributed by atoms with Crippen molar-refractivity contribution in [3.63, 3.8) is 0 Å². The minimum absolute atomic E-state index is 0.350. The molecule has 142 valence electrons. The molecule has 0 spiro atoms. The van der Waals surface area contributed by atoms with Gasteiger partial charge < -0.3 is 15.0 Å². The summed E-state index contributed by atoms with van der Waals surface area (Å²) >= 11 is 1.52. The molecule has 1 aromatic carbocycles. The zero-order chi connectivity index (χ0) is 19.6. The van der Waals surface area contributed by atoms with Gasteiger partial charge in [0.25, 0.3) is 0 Å². The van der Waals surface area contributed by atoms with Gasteiger partial charge in [0, 0.05) is 18.0 Å². The summed E-state index contributed by atoms with van der Waals surface area (Å²) < 4.78 is 4.98. The quantitative estimate of drug-likeness (QED) is 0.622. The molecule has 0 saturated carbocycles. The highest BCUT2D eigenvalue weighted by Gasteiger charge is 2.22. The van der Waals surface area contributed by atoms with E-state index in [1.54, 1.807) is 0 Å². The summed E-state index contributed by atoms with van der Waals surface area (Å²) in [6.07, 6.45) is 0. The Morgan fingerprint density at radius 1 is 1.15 bits per heavy atom. The molecule has 0 fully saturated rings. The molecule has 0 unspecified atom stereocenters.